The average Bonchev–Trinajstić information content (AvgIpc) is 2.39. The van der Waals surface area contributed by atoms with E-state index >= 15 is 0 Å². The minimum atomic E-state index is 0.175. The second-order valence-corrected chi connectivity index (χ2v) is 6.46. The van der Waals surface area contributed by atoms with Crippen LogP contribution in [0.5, 0.6) is 5.75 Å². The summed E-state index contributed by atoms with van der Waals surface area (Å²) in [4.78, 5) is 2.42. The van der Waals surface area contributed by atoms with Crippen LogP contribution in [0.3, 0.4) is 0 Å². The number of ether oxygens (including phenoxy) is 1. The molecule has 0 bridgehead atoms. The first-order valence-corrected chi connectivity index (χ1v) is 7.44. The molecule has 3 nitrogen and oxygen atoms in total. The van der Waals surface area contributed by atoms with E-state index in [1.54, 1.807) is 7.11 Å². The average molecular weight is 278 g/mol. The summed E-state index contributed by atoms with van der Waals surface area (Å²) in [5.41, 5.74) is 1.50. The summed E-state index contributed by atoms with van der Waals surface area (Å²) in [6.07, 6.45) is 1.15. The van der Waals surface area contributed by atoms with E-state index in [-0.39, 0.29) is 5.54 Å². The van der Waals surface area contributed by atoms with Gasteiger partial charge in [0.25, 0.3) is 0 Å². The number of nitrogens with zero attached hydrogens (tertiary/aromatic N) is 1. The molecule has 3 heteroatoms. The molecule has 0 aliphatic rings. The Bertz CT molecular complexity index is 381. The highest BCUT2D eigenvalue weighted by Crippen LogP contribution is 2.14. The van der Waals surface area contributed by atoms with Gasteiger partial charge >= 0.3 is 0 Å². The summed E-state index contributed by atoms with van der Waals surface area (Å²) in [7, 11) is 3.90. The zero-order valence-corrected chi connectivity index (χ0v) is 13.9. The molecular weight excluding hydrogens is 248 g/mol. The molecule has 1 rings (SSSR count). The van der Waals surface area contributed by atoms with E-state index in [4.69, 9.17) is 4.74 Å². The lowest BCUT2D eigenvalue weighted by molar-refractivity contribution is 0.208. The topological polar surface area (TPSA) is 24.5 Å². The molecule has 0 saturated heterocycles. The Kier molecular flexibility index (Phi) is 6.50. The predicted octanol–water partition coefficient (Wildman–Crippen LogP) is 3.29. The van der Waals surface area contributed by atoms with Gasteiger partial charge in [-0.05, 0) is 51.9 Å². The second-order valence-electron chi connectivity index (χ2n) is 6.46. The minimum Gasteiger partial charge on any atom is -0.497 e. The fourth-order valence-corrected chi connectivity index (χ4v) is 2.18. The highest BCUT2D eigenvalue weighted by atomic mass is 16.5. The largest absolute Gasteiger partial charge is 0.497 e. The lowest BCUT2D eigenvalue weighted by atomic mass is 10.1. The van der Waals surface area contributed by atoms with Gasteiger partial charge in [-0.1, -0.05) is 19.1 Å². The summed E-state index contributed by atoms with van der Waals surface area (Å²) in [5.74, 6) is 0.915. The molecule has 1 aromatic rings. The lowest BCUT2D eigenvalue weighted by Crippen LogP contribution is -2.46. The van der Waals surface area contributed by atoms with Crippen molar-refractivity contribution in [2.24, 2.45) is 0 Å². The van der Waals surface area contributed by atoms with Crippen molar-refractivity contribution in [2.75, 3.05) is 20.7 Å². The van der Waals surface area contributed by atoms with Crippen molar-refractivity contribution in [2.45, 2.75) is 52.2 Å². The van der Waals surface area contributed by atoms with Gasteiger partial charge < -0.3 is 10.1 Å². The van der Waals surface area contributed by atoms with Crippen LogP contribution in [0, 0.1) is 0 Å². The highest BCUT2D eigenvalue weighted by molar-refractivity contribution is 5.27. The fourth-order valence-electron chi connectivity index (χ4n) is 2.18. The van der Waals surface area contributed by atoms with Crippen molar-refractivity contribution in [1.82, 2.24) is 10.2 Å². The minimum absolute atomic E-state index is 0.175. The Morgan fingerprint density at radius 1 is 1.20 bits per heavy atom. The maximum atomic E-state index is 5.20. The van der Waals surface area contributed by atoms with E-state index in [2.05, 4.69) is 57.1 Å². The van der Waals surface area contributed by atoms with Crippen molar-refractivity contribution < 1.29 is 4.74 Å². The Morgan fingerprint density at radius 3 is 2.25 bits per heavy atom. The van der Waals surface area contributed by atoms with Crippen LogP contribution in [0.1, 0.15) is 39.7 Å². The third-order valence-electron chi connectivity index (χ3n) is 3.55. The van der Waals surface area contributed by atoms with Gasteiger partial charge in [0.05, 0.1) is 7.11 Å². The number of likely N-dealkylation sites (N-methyl/N-ethyl adjacent to an activating group) is 1. The third-order valence-corrected chi connectivity index (χ3v) is 3.55. The molecular formula is C17H30N2O. The Labute approximate surface area is 124 Å². The Morgan fingerprint density at radius 2 is 1.80 bits per heavy atom. The number of benzene rings is 1. The van der Waals surface area contributed by atoms with Crippen LogP contribution in [0.4, 0.5) is 0 Å². The first-order valence-electron chi connectivity index (χ1n) is 7.44. The smallest absolute Gasteiger partial charge is 0.118 e. The van der Waals surface area contributed by atoms with Gasteiger partial charge in [0.15, 0.2) is 0 Å². The van der Waals surface area contributed by atoms with Crippen LogP contribution in [0.2, 0.25) is 0 Å². The maximum absolute atomic E-state index is 5.20. The zero-order chi connectivity index (χ0) is 15.2. The summed E-state index contributed by atoms with van der Waals surface area (Å²) in [5, 5.41) is 3.60. The normalized spacial score (nSPS) is 13.6. The monoisotopic (exact) mass is 278 g/mol. The molecule has 1 N–H and O–H groups in total. The number of nitrogens with one attached hydrogen (secondary N) is 1. The van der Waals surface area contributed by atoms with Gasteiger partial charge in [0, 0.05) is 24.7 Å². The maximum Gasteiger partial charge on any atom is 0.118 e. The molecule has 0 radical (unpaired) electrons. The fraction of sp³-hybridized carbons (Fsp3) is 0.647. The zero-order valence-electron chi connectivity index (χ0n) is 13.9. The summed E-state index contributed by atoms with van der Waals surface area (Å²) in [6.45, 7) is 10.9. The molecule has 0 aromatic heterocycles. The van der Waals surface area contributed by atoms with Crippen molar-refractivity contribution in [3.05, 3.63) is 29.8 Å². The van der Waals surface area contributed by atoms with Crippen LogP contribution in [-0.4, -0.2) is 37.2 Å². The van der Waals surface area contributed by atoms with Crippen molar-refractivity contribution in [3.63, 3.8) is 0 Å². The number of hydrogen-bond acceptors (Lipinski definition) is 3. The van der Waals surface area contributed by atoms with Gasteiger partial charge in [-0.15, -0.1) is 0 Å². The van der Waals surface area contributed by atoms with Crippen molar-refractivity contribution in [3.8, 4) is 5.75 Å². The summed E-state index contributed by atoms with van der Waals surface area (Å²) in [6, 6.07) is 8.88. The van der Waals surface area contributed by atoms with Crippen LogP contribution >= 0.6 is 0 Å². The van der Waals surface area contributed by atoms with Gasteiger partial charge in [0.2, 0.25) is 0 Å². The molecule has 20 heavy (non-hydrogen) atoms. The second kappa shape index (κ2) is 7.65. The Balaban J connectivity index is 2.55. The van der Waals surface area contributed by atoms with Crippen molar-refractivity contribution in [1.29, 1.82) is 0 Å². The molecule has 0 aliphatic heterocycles. The van der Waals surface area contributed by atoms with E-state index < -0.39 is 0 Å². The molecule has 0 amide bonds. The molecule has 1 aromatic carbocycles. The van der Waals surface area contributed by atoms with E-state index in [1.165, 1.54) is 5.56 Å². The van der Waals surface area contributed by atoms with E-state index in [9.17, 15) is 0 Å². The van der Waals surface area contributed by atoms with Crippen molar-refractivity contribution >= 4 is 0 Å². The summed E-state index contributed by atoms with van der Waals surface area (Å²) < 4.78 is 5.20. The van der Waals surface area contributed by atoms with E-state index in [0.29, 0.717) is 6.04 Å². The lowest BCUT2D eigenvalue weighted by Gasteiger charge is -2.31. The first kappa shape index (κ1) is 17.0. The molecule has 0 fully saturated rings. The van der Waals surface area contributed by atoms with Crippen LogP contribution in [0.25, 0.3) is 0 Å². The quantitative estimate of drug-likeness (QED) is 0.828. The van der Waals surface area contributed by atoms with E-state index in [1.807, 2.05) is 12.1 Å². The Hall–Kier alpha value is -1.06. The van der Waals surface area contributed by atoms with Gasteiger partial charge in [-0.3, -0.25) is 4.90 Å². The number of rotatable bonds is 7. The SMILES string of the molecule is CCC(CNC(C)(C)C)N(C)Cc1ccc(OC)cc1. The van der Waals surface area contributed by atoms with Gasteiger partial charge in [-0.2, -0.15) is 0 Å². The van der Waals surface area contributed by atoms with Crippen LogP contribution in [0.15, 0.2) is 24.3 Å². The number of methoxy groups -OCH3 is 1. The first-order chi connectivity index (χ1) is 9.35. The van der Waals surface area contributed by atoms with Gasteiger partial charge in [0.1, 0.15) is 5.75 Å². The van der Waals surface area contributed by atoms with Gasteiger partial charge in [-0.25, -0.2) is 0 Å². The van der Waals surface area contributed by atoms with Crippen LogP contribution in [-0.2, 0) is 6.54 Å². The molecule has 0 spiro atoms. The molecule has 114 valence electrons. The standard InChI is InChI=1S/C17H30N2O/c1-7-15(12-18-17(2,3)4)19(5)13-14-8-10-16(20-6)11-9-14/h8-11,15,18H,7,12-13H2,1-6H3. The van der Waals surface area contributed by atoms with E-state index in [0.717, 1.165) is 25.3 Å². The molecule has 1 atom stereocenters. The highest BCUT2D eigenvalue weighted by Gasteiger charge is 2.16. The summed E-state index contributed by atoms with van der Waals surface area (Å²) >= 11 is 0. The predicted molar refractivity (Wildman–Crippen MR) is 86.3 cm³/mol. The molecule has 0 aliphatic carbocycles. The third kappa shape index (κ3) is 5.93. The molecule has 0 saturated carbocycles. The molecule has 0 heterocycles. The number of hydrogen-bond donors (Lipinski definition) is 1. The molecule has 1 unspecified atom stereocenters. The van der Waals surface area contributed by atoms with Crippen LogP contribution < -0.4 is 10.1 Å².